The molecule has 1 heterocycles. The molecule has 7 nitrogen and oxygen atoms in total. The largest absolute Gasteiger partial charge is 0.308 e. The van der Waals surface area contributed by atoms with Crippen LogP contribution in [0.5, 0.6) is 0 Å². The van der Waals surface area contributed by atoms with Crippen molar-refractivity contribution in [3.8, 4) is 0 Å². The second-order valence-electron chi connectivity index (χ2n) is 6.40. The van der Waals surface area contributed by atoms with E-state index in [2.05, 4.69) is 4.98 Å². The molecule has 0 aliphatic heterocycles. The predicted molar refractivity (Wildman–Crippen MR) is 115 cm³/mol. The minimum absolute atomic E-state index is 0.0153. The molecular formula is C19H20N4O3S2. The van der Waals surface area contributed by atoms with Gasteiger partial charge in [0.25, 0.3) is 11.6 Å². The first-order valence-corrected chi connectivity index (χ1v) is 10.6. The Kier molecular flexibility index (Phi) is 6.28. The van der Waals surface area contributed by atoms with Crippen molar-refractivity contribution in [1.82, 2.24) is 9.88 Å². The van der Waals surface area contributed by atoms with Gasteiger partial charge in [0.2, 0.25) is 0 Å². The van der Waals surface area contributed by atoms with E-state index in [0.29, 0.717) is 34.0 Å². The number of carbonyl (C=O) groups is 1. The van der Waals surface area contributed by atoms with E-state index in [4.69, 9.17) is 0 Å². The lowest BCUT2D eigenvalue weighted by Crippen LogP contribution is -2.36. The molecule has 0 fully saturated rings. The third kappa shape index (κ3) is 4.49. The number of hydrogen-bond acceptors (Lipinski definition) is 7. The van der Waals surface area contributed by atoms with Crippen LogP contribution in [0.4, 0.5) is 10.8 Å². The second kappa shape index (κ2) is 8.68. The Hall–Kier alpha value is -2.49. The Morgan fingerprint density at radius 3 is 2.68 bits per heavy atom. The fourth-order valence-electron chi connectivity index (χ4n) is 2.63. The number of hydrogen-bond donors (Lipinski definition) is 0. The molecule has 9 heteroatoms. The van der Waals surface area contributed by atoms with Gasteiger partial charge in [-0.2, -0.15) is 0 Å². The van der Waals surface area contributed by atoms with E-state index < -0.39 is 4.92 Å². The Morgan fingerprint density at radius 2 is 2.00 bits per heavy atom. The van der Waals surface area contributed by atoms with Crippen LogP contribution in [0, 0.1) is 10.1 Å². The lowest BCUT2D eigenvalue weighted by atomic mass is 10.2. The highest BCUT2D eigenvalue weighted by atomic mass is 32.2. The van der Waals surface area contributed by atoms with E-state index in [-0.39, 0.29) is 11.6 Å². The summed E-state index contributed by atoms with van der Waals surface area (Å²) in [5.41, 5.74) is 1.25. The van der Waals surface area contributed by atoms with Gasteiger partial charge >= 0.3 is 0 Å². The van der Waals surface area contributed by atoms with Crippen molar-refractivity contribution >= 4 is 50.0 Å². The zero-order valence-corrected chi connectivity index (χ0v) is 17.4. The zero-order valence-electron chi connectivity index (χ0n) is 15.8. The molecule has 28 heavy (non-hydrogen) atoms. The smallest absolute Gasteiger partial charge is 0.270 e. The van der Waals surface area contributed by atoms with Crippen molar-refractivity contribution in [3.63, 3.8) is 0 Å². The van der Waals surface area contributed by atoms with Gasteiger partial charge in [-0.25, -0.2) is 4.98 Å². The van der Waals surface area contributed by atoms with Crippen LogP contribution in [0.15, 0.2) is 47.4 Å². The summed E-state index contributed by atoms with van der Waals surface area (Å²) in [7, 11) is 3.89. The summed E-state index contributed by atoms with van der Waals surface area (Å²) in [6.07, 6.45) is 1.97. The number of nitro benzene ring substituents is 1. The van der Waals surface area contributed by atoms with Crippen LogP contribution in [0.25, 0.3) is 10.2 Å². The highest BCUT2D eigenvalue weighted by Gasteiger charge is 2.22. The van der Waals surface area contributed by atoms with Crippen LogP contribution in [0.3, 0.4) is 0 Å². The summed E-state index contributed by atoms with van der Waals surface area (Å²) in [4.78, 5) is 33.1. The maximum Gasteiger partial charge on any atom is 0.270 e. The monoisotopic (exact) mass is 416 g/mol. The summed E-state index contributed by atoms with van der Waals surface area (Å²) in [5.74, 6) is -0.133. The molecule has 0 bridgehead atoms. The van der Waals surface area contributed by atoms with Gasteiger partial charge in [0, 0.05) is 35.7 Å². The molecule has 146 valence electrons. The van der Waals surface area contributed by atoms with Crippen LogP contribution in [-0.4, -0.2) is 54.2 Å². The molecule has 1 amide bonds. The number of nitrogens with zero attached hydrogens (tertiary/aromatic N) is 4. The van der Waals surface area contributed by atoms with Gasteiger partial charge in [-0.05, 0) is 44.6 Å². The van der Waals surface area contributed by atoms with Crippen molar-refractivity contribution in [2.24, 2.45) is 0 Å². The number of anilines is 1. The quantitative estimate of drug-likeness (QED) is 0.327. The number of fused-ring (bicyclic) bond motifs is 1. The zero-order chi connectivity index (χ0) is 20.3. The number of non-ortho nitro benzene ring substituents is 1. The van der Waals surface area contributed by atoms with Crippen molar-refractivity contribution in [3.05, 3.63) is 58.1 Å². The molecule has 1 aromatic heterocycles. The van der Waals surface area contributed by atoms with Crippen LogP contribution >= 0.6 is 23.1 Å². The Balaban J connectivity index is 2.00. The molecule has 3 rings (SSSR count). The third-order valence-corrected chi connectivity index (χ3v) is 5.90. The van der Waals surface area contributed by atoms with Gasteiger partial charge < -0.3 is 4.90 Å². The number of aromatic nitrogens is 1. The second-order valence-corrected chi connectivity index (χ2v) is 8.29. The van der Waals surface area contributed by atoms with Gasteiger partial charge in [0.1, 0.15) is 0 Å². The maximum absolute atomic E-state index is 13.2. The fraction of sp³-hybridized carbons (Fsp3) is 0.263. The van der Waals surface area contributed by atoms with Gasteiger partial charge in [-0.1, -0.05) is 17.4 Å². The average molecular weight is 417 g/mol. The summed E-state index contributed by atoms with van der Waals surface area (Å²) in [5, 5.41) is 11.6. The number of carbonyl (C=O) groups excluding carboxylic acids is 1. The summed E-state index contributed by atoms with van der Waals surface area (Å²) in [6, 6.07) is 12.0. The number of nitro groups is 1. The average Bonchev–Trinajstić information content (AvgIpc) is 3.10. The van der Waals surface area contributed by atoms with Crippen LogP contribution in [0.2, 0.25) is 0 Å². The number of thioether (sulfide) groups is 1. The molecule has 2 aromatic carbocycles. The van der Waals surface area contributed by atoms with E-state index in [1.165, 1.54) is 23.5 Å². The summed E-state index contributed by atoms with van der Waals surface area (Å²) < 4.78 is 0.685. The van der Waals surface area contributed by atoms with Gasteiger partial charge in [0.05, 0.1) is 15.1 Å². The minimum atomic E-state index is -0.429. The standard InChI is InChI=1S/C19H20N4O3S2/c1-21(2)9-10-22(18(24)13-5-4-6-15(11-13)27-3)19-20-16-8-7-14(23(25)26)12-17(16)28-19/h4-8,11-12H,9-10H2,1-3H3. The van der Waals surface area contributed by atoms with Crippen LogP contribution in [-0.2, 0) is 0 Å². The molecule has 0 N–H and O–H groups in total. The highest BCUT2D eigenvalue weighted by Crippen LogP contribution is 2.32. The first-order valence-electron chi connectivity index (χ1n) is 8.54. The number of thiazole rings is 1. The van der Waals surface area contributed by atoms with E-state index in [1.807, 2.05) is 43.5 Å². The molecule has 0 radical (unpaired) electrons. The summed E-state index contributed by atoms with van der Waals surface area (Å²) in [6.45, 7) is 1.14. The molecular weight excluding hydrogens is 396 g/mol. The first-order chi connectivity index (χ1) is 13.4. The van der Waals surface area contributed by atoms with Crippen LogP contribution in [0.1, 0.15) is 10.4 Å². The van der Waals surface area contributed by atoms with E-state index in [1.54, 1.807) is 28.8 Å². The van der Waals surface area contributed by atoms with Crippen molar-refractivity contribution < 1.29 is 9.72 Å². The van der Waals surface area contributed by atoms with Crippen LogP contribution < -0.4 is 4.90 Å². The third-order valence-electron chi connectivity index (χ3n) is 4.14. The molecule has 0 spiro atoms. The molecule has 0 atom stereocenters. The highest BCUT2D eigenvalue weighted by molar-refractivity contribution is 7.98. The van der Waals surface area contributed by atoms with E-state index in [9.17, 15) is 14.9 Å². The normalized spacial score (nSPS) is 11.1. The van der Waals surface area contributed by atoms with Crippen molar-refractivity contribution in [2.45, 2.75) is 4.90 Å². The SMILES string of the molecule is CSc1cccc(C(=O)N(CCN(C)C)c2nc3ccc([N+](=O)[O-])cc3s2)c1. The molecule has 0 aliphatic rings. The molecule has 0 unspecified atom stereocenters. The molecule has 0 saturated carbocycles. The summed E-state index contributed by atoms with van der Waals surface area (Å²) >= 11 is 2.87. The van der Waals surface area contributed by atoms with Crippen molar-refractivity contribution in [2.75, 3.05) is 38.3 Å². The number of benzene rings is 2. The Labute approximate surface area is 171 Å². The number of likely N-dealkylation sites (N-methyl/N-ethyl adjacent to an activating group) is 1. The number of amides is 1. The van der Waals surface area contributed by atoms with E-state index >= 15 is 0 Å². The Bertz CT molecular complexity index is 1020. The topological polar surface area (TPSA) is 79.6 Å². The van der Waals surface area contributed by atoms with Gasteiger partial charge in [-0.3, -0.25) is 19.8 Å². The first kappa shape index (κ1) is 20.2. The predicted octanol–water partition coefficient (Wildman–Crippen LogP) is 4.13. The fourth-order valence-corrected chi connectivity index (χ4v) is 4.11. The lowest BCUT2D eigenvalue weighted by Gasteiger charge is -2.22. The van der Waals surface area contributed by atoms with Gasteiger partial charge in [-0.15, -0.1) is 11.8 Å². The van der Waals surface area contributed by atoms with Crippen molar-refractivity contribution in [1.29, 1.82) is 0 Å². The van der Waals surface area contributed by atoms with Gasteiger partial charge in [0.15, 0.2) is 5.13 Å². The molecule has 0 aliphatic carbocycles. The minimum Gasteiger partial charge on any atom is -0.308 e. The molecule has 3 aromatic rings. The number of rotatable bonds is 7. The molecule has 0 saturated heterocycles. The lowest BCUT2D eigenvalue weighted by molar-refractivity contribution is -0.384. The Morgan fingerprint density at radius 1 is 1.21 bits per heavy atom. The van der Waals surface area contributed by atoms with E-state index in [0.717, 1.165) is 4.90 Å². The maximum atomic E-state index is 13.2.